The molecule has 16 nitrogen and oxygen atoms in total. The molecule has 5 aliphatic carbocycles. The van der Waals surface area contributed by atoms with Gasteiger partial charge in [-0.25, -0.2) is 14.4 Å². The number of Topliss-reactive ketones (excluding diaryl/α,β-unsaturated/α-hetero) is 1. The van der Waals surface area contributed by atoms with Crippen LogP contribution in [0.1, 0.15) is 107 Å². The maximum atomic E-state index is 15.7. The molecule has 1 saturated heterocycles. The van der Waals surface area contributed by atoms with E-state index in [0.717, 1.165) is 12.8 Å². The van der Waals surface area contributed by atoms with E-state index in [1.165, 1.54) is 37.3 Å². The van der Waals surface area contributed by atoms with E-state index in [0.29, 0.717) is 30.6 Å². The molecule has 8 rings (SSSR count). The largest absolute Gasteiger partial charge is 0.456 e. The average molecular weight is 894 g/mol. The lowest BCUT2D eigenvalue weighted by Crippen LogP contribution is -2.82. The number of carbonyl (C=O) groups is 6. The number of hydrogen-bond donors (Lipinski definition) is 4. The van der Waals surface area contributed by atoms with Gasteiger partial charge in [0.15, 0.2) is 23.6 Å². The van der Waals surface area contributed by atoms with Gasteiger partial charge in [-0.1, -0.05) is 38.1 Å². The maximum absolute atomic E-state index is 15.7. The number of hydrogen-bond acceptors (Lipinski definition) is 16. The van der Waals surface area contributed by atoms with Crippen LogP contribution >= 0.6 is 11.3 Å². The van der Waals surface area contributed by atoms with Crippen LogP contribution in [0.5, 0.6) is 0 Å². The van der Waals surface area contributed by atoms with Crippen LogP contribution in [0, 0.1) is 22.7 Å². The van der Waals surface area contributed by atoms with Gasteiger partial charge in [-0.2, -0.15) is 0 Å². The molecule has 11 atom stereocenters. The van der Waals surface area contributed by atoms with Crippen molar-refractivity contribution in [1.29, 1.82) is 0 Å². The lowest BCUT2D eigenvalue weighted by atomic mass is 9.44. The summed E-state index contributed by atoms with van der Waals surface area (Å²) < 4.78 is 36.3. The van der Waals surface area contributed by atoms with Crippen molar-refractivity contribution in [2.24, 2.45) is 22.7 Å². The molecule has 4 unspecified atom stereocenters. The van der Waals surface area contributed by atoms with Crippen LogP contribution in [0.25, 0.3) is 0 Å². The van der Waals surface area contributed by atoms with E-state index < -0.39 is 119 Å². The van der Waals surface area contributed by atoms with Crippen molar-refractivity contribution in [2.45, 2.75) is 146 Å². The van der Waals surface area contributed by atoms with Crippen molar-refractivity contribution < 1.29 is 72.5 Å². The minimum absolute atomic E-state index is 0.0387. The second-order valence-electron chi connectivity index (χ2n) is 18.7. The van der Waals surface area contributed by atoms with Crippen LogP contribution in [-0.4, -0.2) is 112 Å². The van der Waals surface area contributed by atoms with Gasteiger partial charge < -0.3 is 49.1 Å². The molecular weight excluding hydrogens is 839 g/mol. The molecule has 1 amide bonds. The van der Waals surface area contributed by atoms with Crippen molar-refractivity contribution in [3.05, 3.63) is 69.4 Å². The van der Waals surface area contributed by atoms with Crippen LogP contribution < -0.4 is 5.32 Å². The highest BCUT2D eigenvalue weighted by Crippen LogP contribution is 2.64. The van der Waals surface area contributed by atoms with Gasteiger partial charge in [0.25, 0.3) is 0 Å². The number of rotatable bonds is 11. The van der Waals surface area contributed by atoms with Gasteiger partial charge in [0, 0.05) is 30.1 Å². The Hall–Kier alpha value is -4.68. The monoisotopic (exact) mass is 893 g/mol. The molecule has 340 valence electrons. The minimum atomic E-state index is -2.38. The number of ketones is 1. The van der Waals surface area contributed by atoms with Crippen molar-refractivity contribution in [3.63, 3.8) is 0 Å². The Morgan fingerprint density at radius 3 is 2.24 bits per heavy atom. The number of esters is 4. The van der Waals surface area contributed by atoms with Crippen LogP contribution in [0.3, 0.4) is 0 Å². The minimum Gasteiger partial charge on any atom is -0.456 e. The summed E-state index contributed by atoms with van der Waals surface area (Å²) >= 11 is 1.17. The number of amides is 1. The standard InChI is InChI=1S/C46H55NO15S/c1-23-28(59-41(54)34(50)33(29-16-11-19-63-29)47-42(55)58-27-14-9-10-15-27)21-46(56)38(61-40(53)25-12-7-6-8-13-25)36-44(5,30(49)20-31-45(36,22-57-31)62-24(2)48)37(51)35(32(23)43(46,3)4)60-39(52)26-17-18-26/h6-8,11-13,16,19,26-28,30-31,33-36,38,49-50,56H,9-10,14-15,17-18,20-22H2,1-5H3,(H,47,55)/t28-,30?,31+,33-,34+,35?,36?,38?,44+,45-,46+/m0/s1. The first-order valence-electron chi connectivity index (χ1n) is 21.7. The Bertz CT molecular complexity index is 2160. The van der Waals surface area contributed by atoms with Gasteiger partial charge in [0.1, 0.15) is 36.1 Å². The molecule has 4 saturated carbocycles. The summed E-state index contributed by atoms with van der Waals surface area (Å²) in [5.74, 6) is -6.44. The van der Waals surface area contributed by atoms with E-state index in [2.05, 4.69) is 5.32 Å². The molecule has 2 heterocycles. The molecule has 4 N–H and O–H groups in total. The molecule has 17 heteroatoms. The summed E-state index contributed by atoms with van der Waals surface area (Å²) in [5.41, 5.74) is -7.50. The molecular formula is C46H55NO15S. The summed E-state index contributed by atoms with van der Waals surface area (Å²) in [4.78, 5) is 84.6. The number of fused-ring (bicyclic) bond motifs is 5. The Balaban J connectivity index is 1.26. The summed E-state index contributed by atoms with van der Waals surface area (Å²) in [6, 6.07) is 9.90. The molecule has 2 bridgehead atoms. The highest BCUT2D eigenvalue weighted by molar-refractivity contribution is 7.10. The quantitative estimate of drug-likeness (QED) is 0.139. The van der Waals surface area contributed by atoms with Crippen LogP contribution in [0.2, 0.25) is 0 Å². The zero-order chi connectivity index (χ0) is 45.2. The number of aliphatic hydroxyl groups excluding tert-OH is 2. The fraction of sp³-hybridized carbons (Fsp3) is 0.609. The summed E-state index contributed by atoms with van der Waals surface area (Å²) in [6.45, 7) is 7.04. The third-order valence-corrected chi connectivity index (χ3v) is 15.5. The zero-order valence-corrected chi connectivity index (χ0v) is 36.7. The van der Waals surface area contributed by atoms with Gasteiger partial charge in [0.05, 0.1) is 35.5 Å². The zero-order valence-electron chi connectivity index (χ0n) is 35.9. The van der Waals surface area contributed by atoms with Crippen molar-refractivity contribution in [2.75, 3.05) is 6.61 Å². The molecule has 0 spiro atoms. The highest BCUT2D eigenvalue weighted by Gasteiger charge is 2.78. The molecule has 1 aromatic carbocycles. The Kier molecular flexibility index (Phi) is 11.9. The Morgan fingerprint density at radius 1 is 0.937 bits per heavy atom. The summed E-state index contributed by atoms with van der Waals surface area (Å²) in [6.07, 6.45) is -7.29. The number of benzene rings is 1. The van der Waals surface area contributed by atoms with E-state index in [-0.39, 0.29) is 35.8 Å². The van der Waals surface area contributed by atoms with Gasteiger partial charge in [-0.3, -0.25) is 14.4 Å². The molecule has 0 radical (unpaired) electrons. The average Bonchev–Trinajstić information content (AvgIpc) is 3.70. The first kappa shape index (κ1) is 44.9. The molecule has 6 aliphatic rings. The third-order valence-electron chi connectivity index (χ3n) is 14.6. The van der Waals surface area contributed by atoms with Crippen LogP contribution in [0.4, 0.5) is 4.79 Å². The predicted octanol–water partition coefficient (Wildman–Crippen LogP) is 4.43. The maximum Gasteiger partial charge on any atom is 0.408 e. The van der Waals surface area contributed by atoms with E-state index in [1.54, 1.807) is 56.5 Å². The van der Waals surface area contributed by atoms with E-state index in [4.69, 9.17) is 28.4 Å². The van der Waals surface area contributed by atoms with E-state index in [1.807, 2.05) is 0 Å². The number of alkyl carbamates (subject to hydrolysis) is 1. The number of nitrogens with one attached hydrogen (secondary N) is 1. The first-order chi connectivity index (χ1) is 29.8. The fourth-order valence-corrected chi connectivity index (χ4v) is 11.6. The van der Waals surface area contributed by atoms with Gasteiger partial charge in [0.2, 0.25) is 0 Å². The third kappa shape index (κ3) is 7.66. The second kappa shape index (κ2) is 16.7. The summed E-state index contributed by atoms with van der Waals surface area (Å²) in [5, 5.41) is 42.0. The number of ether oxygens (including phenoxy) is 6. The second-order valence-corrected chi connectivity index (χ2v) is 19.7. The molecule has 2 aromatic rings. The van der Waals surface area contributed by atoms with Gasteiger partial charge in [-0.15, -0.1) is 11.3 Å². The normalized spacial score (nSPS) is 34.4. The van der Waals surface area contributed by atoms with Crippen molar-refractivity contribution >= 4 is 47.1 Å². The van der Waals surface area contributed by atoms with Crippen LogP contribution in [0.15, 0.2) is 59.0 Å². The predicted molar refractivity (Wildman–Crippen MR) is 221 cm³/mol. The molecule has 5 fully saturated rings. The van der Waals surface area contributed by atoms with Gasteiger partial charge in [-0.05, 0) is 87.1 Å². The highest BCUT2D eigenvalue weighted by atomic mass is 32.1. The Labute approximate surface area is 368 Å². The topological polar surface area (TPSA) is 231 Å². The fourth-order valence-electron chi connectivity index (χ4n) is 10.8. The molecule has 1 aromatic heterocycles. The van der Waals surface area contributed by atoms with Crippen molar-refractivity contribution in [1.82, 2.24) is 5.32 Å². The summed E-state index contributed by atoms with van der Waals surface area (Å²) in [7, 11) is 0. The Morgan fingerprint density at radius 2 is 1.63 bits per heavy atom. The smallest absolute Gasteiger partial charge is 0.408 e. The lowest BCUT2D eigenvalue weighted by Gasteiger charge is -2.67. The van der Waals surface area contributed by atoms with Crippen LogP contribution in [-0.2, 0) is 47.6 Å². The van der Waals surface area contributed by atoms with E-state index >= 15 is 4.79 Å². The number of aliphatic hydroxyl groups is 3. The lowest BCUT2D eigenvalue weighted by molar-refractivity contribution is -0.346. The SMILES string of the molecule is CC(=O)O[C@@]12CO[C@@H]1CC(O)[C@@]1(C)C(=O)C(OC(=O)C3CC3)C3=C(C)[C@@H](OC(=O)[C@H](O)[C@@H](NC(=O)OC4CCCC4)c4cccs4)C[C@@](O)(C(OC(=O)c4ccccc4)C12)C3(C)C. The van der Waals surface area contributed by atoms with Crippen molar-refractivity contribution in [3.8, 4) is 0 Å². The molecule has 1 aliphatic heterocycles. The van der Waals surface area contributed by atoms with E-state index in [9.17, 15) is 39.3 Å². The number of thiophene rings is 1. The first-order valence-corrected chi connectivity index (χ1v) is 22.5. The molecule has 63 heavy (non-hydrogen) atoms. The van der Waals surface area contributed by atoms with Gasteiger partial charge >= 0.3 is 30.0 Å². The number of carbonyl (C=O) groups excluding carboxylic acids is 6.